The molecule has 0 amide bonds. The van der Waals surface area contributed by atoms with Crippen molar-refractivity contribution in [2.45, 2.75) is 16.0 Å². The number of nitriles is 1. The van der Waals surface area contributed by atoms with Crippen molar-refractivity contribution in [3.05, 3.63) is 108 Å². The summed E-state index contributed by atoms with van der Waals surface area (Å²) < 4.78 is 52.1. The first kappa shape index (κ1) is 24.7. The predicted octanol–water partition coefficient (Wildman–Crippen LogP) is 4.81. The molecule has 194 valence electrons. The minimum atomic E-state index is -3.89. The second kappa shape index (κ2) is 8.97. The van der Waals surface area contributed by atoms with E-state index in [9.17, 15) is 22.1 Å². The molecule has 2 aromatic heterocycles. The molecule has 9 nitrogen and oxygen atoms in total. The minimum Gasteiger partial charge on any atom is -0.358 e. The second-order valence-electron chi connectivity index (χ2n) is 9.10. The molecule has 0 radical (unpaired) electrons. The maximum atomic E-state index is 13.4. The lowest BCUT2D eigenvalue weighted by molar-refractivity contribution is 0.588. The summed E-state index contributed by atoms with van der Waals surface area (Å²) in [6, 6.07) is 25.7. The van der Waals surface area contributed by atoms with Crippen LogP contribution in [0.4, 0.5) is 17.1 Å². The van der Waals surface area contributed by atoms with Gasteiger partial charge in [0.15, 0.2) is 15.5 Å². The van der Waals surface area contributed by atoms with E-state index in [0.717, 1.165) is 17.5 Å². The van der Waals surface area contributed by atoms with Crippen molar-refractivity contribution in [3.63, 3.8) is 0 Å². The standard InChI is InChI=1S/C28H21N5O4S2/c1-38(34,35)22-13-9-20(10-14-22)27-31-25-18-30-28-24(26(25)33(27)21-11-7-19(17-29)8-12-21)15-16-32(28)39(36,37)23-5-3-2-4-6-23/h2-16,18,27,31H,1H3. The van der Waals surface area contributed by atoms with Crippen molar-refractivity contribution in [2.24, 2.45) is 0 Å². The lowest BCUT2D eigenvalue weighted by Crippen LogP contribution is -2.23. The van der Waals surface area contributed by atoms with Gasteiger partial charge in [-0.3, -0.25) is 0 Å². The molecule has 0 bridgehead atoms. The zero-order valence-electron chi connectivity index (χ0n) is 20.6. The Morgan fingerprint density at radius 3 is 2.21 bits per heavy atom. The maximum absolute atomic E-state index is 13.4. The van der Waals surface area contributed by atoms with Gasteiger partial charge in [-0.25, -0.2) is 25.8 Å². The monoisotopic (exact) mass is 555 g/mol. The molecule has 6 rings (SSSR count). The Morgan fingerprint density at radius 2 is 1.56 bits per heavy atom. The highest BCUT2D eigenvalue weighted by Gasteiger charge is 2.35. The Hall–Kier alpha value is -4.66. The molecule has 39 heavy (non-hydrogen) atoms. The molecular weight excluding hydrogens is 534 g/mol. The van der Waals surface area contributed by atoms with E-state index in [1.54, 1.807) is 66.9 Å². The normalized spacial score (nSPS) is 15.1. The average Bonchev–Trinajstić information content (AvgIpc) is 3.55. The molecule has 1 atom stereocenters. The summed E-state index contributed by atoms with van der Waals surface area (Å²) >= 11 is 0. The fraction of sp³-hybridized carbons (Fsp3) is 0.0714. The van der Waals surface area contributed by atoms with Gasteiger partial charge in [0, 0.05) is 23.5 Å². The fourth-order valence-corrected chi connectivity index (χ4v) is 6.71. The van der Waals surface area contributed by atoms with Crippen molar-refractivity contribution in [1.82, 2.24) is 8.96 Å². The van der Waals surface area contributed by atoms with Gasteiger partial charge in [0.25, 0.3) is 10.0 Å². The van der Waals surface area contributed by atoms with Gasteiger partial charge in [0.05, 0.1) is 39.0 Å². The van der Waals surface area contributed by atoms with Crippen LogP contribution in [0, 0.1) is 11.3 Å². The third-order valence-electron chi connectivity index (χ3n) is 6.64. The summed E-state index contributed by atoms with van der Waals surface area (Å²) in [7, 11) is -7.26. The summed E-state index contributed by atoms with van der Waals surface area (Å²) in [5.41, 5.74) is 3.70. The smallest absolute Gasteiger partial charge is 0.269 e. The number of benzene rings is 3. The first-order chi connectivity index (χ1) is 18.7. The maximum Gasteiger partial charge on any atom is 0.269 e. The third kappa shape index (κ3) is 4.10. The van der Waals surface area contributed by atoms with E-state index in [2.05, 4.69) is 16.4 Å². The van der Waals surface area contributed by atoms with Gasteiger partial charge in [-0.15, -0.1) is 0 Å². The predicted molar refractivity (Wildman–Crippen MR) is 148 cm³/mol. The van der Waals surface area contributed by atoms with E-state index < -0.39 is 26.0 Å². The molecule has 0 fully saturated rings. The SMILES string of the molecule is CS(=O)(=O)c1ccc(C2Nc3cnc4c(ccn4S(=O)(=O)c4ccccc4)c3N2c2ccc(C#N)cc2)cc1. The van der Waals surface area contributed by atoms with Crippen LogP contribution in [-0.2, 0) is 19.9 Å². The summed E-state index contributed by atoms with van der Waals surface area (Å²) in [5, 5.41) is 13.4. The molecule has 1 N–H and O–H groups in total. The molecule has 0 saturated carbocycles. The number of aromatic nitrogens is 2. The van der Waals surface area contributed by atoms with Gasteiger partial charge in [-0.05, 0) is 60.2 Å². The Kier molecular flexibility index (Phi) is 5.67. The van der Waals surface area contributed by atoms with E-state index in [0.29, 0.717) is 22.3 Å². The molecule has 5 aromatic rings. The summed E-state index contributed by atoms with van der Waals surface area (Å²) in [6.45, 7) is 0. The van der Waals surface area contributed by atoms with E-state index in [1.165, 1.54) is 22.3 Å². The Balaban J connectivity index is 1.53. The molecule has 1 aliphatic rings. The van der Waals surface area contributed by atoms with E-state index in [-0.39, 0.29) is 15.4 Å². The molecule has 0 spiro atoms. The van der Waals surface area contributed by atoms with Crippen LogP contribution < -0.4 is 10.2 Å². The van der Waals surface area contributed by atoms with Gasteiger partial charge in [-0.1, -0.05) is 30.3 Å². The number of sulfone groups is 1. The highest BCUT2D eigenvalue weighted by atomic mass is 32.2. The van der Waals surface area contributed by atoms with Crippen LogP contribution in [0.1, 0.15) is 17.3 Å². The van der Waals surface area contributed by atoms with Crippen molar-refractivity contribution in [2.75, 3.05) is 16.5 Å². The average molecular weight is 556 g/mol. The number of hydrogen-bond donors (Lipinski definition) is 1. The molecular formula is C28H21N5O4S2. The van der Waals surface area contributed by atoms with Crippen LogP contribution in [0.3, 0.4) is 0 Å². The number of nitrogens with zero attached hydrogens (tertiary/aromatic N) is 4. The number of pyridine rings is 1. The van der Waals surface area contributed by atoms with Crippen LogP contribution in [-0.4, -0.2) is 32.0 Å². The molecule has 11 heteroatoms. The Bertz CT molecular complexity index is 1980. The quantitative estimate of drug-likeness (QED) is 0.328. The minimum absolute atomic E-state index is 0.149. The molecule has 0 aliphatic carbocycles. The van der Waals surface area contributed by atoms with Crippen molar-refractivity contribution >= 4 is 48.0 Å². The van der Waals surface area contributed by atoms with Crippen LogP contribution in [0.5, 0.6) is 0 Å². The zero-order chi connectivity index (χ0) is 27.4. The zero-order valence-corrected chi connectivity index (χ0v) is 22.2. The van der Waals surface area contributed by atoms with Crippen LogP contribution in [0.2, 0.25) is 0 Å². The number of anilines is 3. The Morgan fingerprint density at radius 1 is 0.872 bits per heavy atom. The van der Waals surface area contributed by atoms with Gasteiger partial charge < -0.3 is 10.2 Å². The molecule has 1 aliphatic heterocycles. The molecule has 3 aromatic carbocycles. The van der Waals surface area contributed by atoms with Gasteiger partial charge in [0.2, 0.25) is 0 Å². The van der Waals surface area contributed by atoms with E-state index >= 15 is 0 Å². The topological polar surface area (TPSA) is 125 Å². The summed E-state index contributed by atoms with van der Waals surface area (Å²) in [6.07, 6.45) is 3.79. The first-order valence-electron chi connectivity index (χ1n) is 11.8. The van der Waals surface area contributed by atoms with Crippen molar-refractivity contribution in [1.29, 1.82) is 5.26 Å². The van der Waals surface area contributed by atoms with Crippen molar-refractivity contribution in [3.8, 4) is 6.07 Å². The summed E-state index contributed by atoms with van der Waals surface area (Å²) in [5.74, 6) is 0. The summed E-state index contributed by atoms with van der Waals surface area (Å²) in [4.78, 5) is 6.86. The van der Waals surface area contributed by atoms with Crippen LogP contribution >= 0.6 is 0 Å². The fourth-order valence-electron chi connectivity index (χ4n) is 4.76. The largest absolute Gasteiger partial charge is 0.358 e. The highest BCUT2D eigenvalue weighted by molar-refractivity contribution is 7.90. The number of hydrogen-bond acceptors (Lipinski definition) is 8. The number of fused-ring (bicyclic) bond motifs is 3. The highest BCUT2D eigenvalue weighted by Crippen LogP contribution is 2.49. The number of rotatable bonds is 5. The van der Waals surface area contributed by atoms with Crippen molar-refractivity contribution < 1.29 is 16.8 Å². The molecule has 1 unspecified atom stereocenters. The molecule has 3 heterocycles. The van der Waals surface area contributed by atoms with Gasteiger partial charge in [-0.2, -0.15) is 5.26 Å². The van der Waals surface area contributed by atoms with Gasteiger partial charge >= 0.3 is 0 Å². The lowest BCUT2D eigenvalue weighted by Gasteiger charge is -2.28. The Labute approximate surface area is 225 Å². The van der Waals surface area contributed by atoms with Crippen LogP contribution in [0.15, 0.2) is 107 Å². The number of nitrogens with one attached hydrogen (secondary N) is 1. The third-order valence-corrected chi connectivity index (χ3v) is 9.45. The first-order valence-corrected chi connectivity index (χ1v) is 15.2. The lowest BCUT2D eigenvalue weighted by atomic mass is 10.1. The second-order valence-corrected chi connectivity index (χ2v) is 12.9. The van der Waals surface area contributed by atoms with Crippen LogP contribution in [0.25, 0.3) is 11.0 Å². The van der Waals surface area contributed by atoms with E-state index in [4.69, 9.17) is 0 Å². The van der Waals surface area contributed by atoms with E-state index in [1.807, 2.05) is 17.0 Å². The van der Waals surface area contributed by atoms with Gasteiger partial charge in [0.1, 0.15) is 6.17 Å². The molecule has 0 saturated heterocycles.